The second-order valence-electron chi connectivity index (χ2n) is 10.4. The molecule has 2 heterocycles. The van der Waals surface area contributed by atoms with Gasteiger partial charge in [-0.15, -0.1) is 0 Å². The number of hydrogen-bond donors (Lipinski definition) is 7. The number of carbonyl (C=O) groups excluding carboxylic acids is 2. The lowest BCUT2D eigenvalue weighted by atomic mass is 9.81. The largest absolute Gasteiger partial charge is 0.506 e. The number of benzene rings is 2. The van der Waals surface area contributed by atoms with Crippen molar-refractivity contribution >= 4 is 44.4 Å². The number of nitrogens with two attached hydrogens (primary N) is 1. The third-order valence-corrected chi connectivity index (χ3v) is 10.4. The van der Waals surface area contributed by atoms with Crippen LogP contribution < -0.4 is 15.2 Å². The summed E-state index contributed by atoms with van der Waals surface area (Å²) in [4.78, 5) is 24.7. The number of rotatable bonds is 6. The number of phenolic OH excluding ortho intramolecular Hbond substituents is 1. The minimum absolute atomic E-state index is 0.0397. The second kappa shape index (κ2) is 14.1. The summed E-state index contributed by atoms with van der Waals surface area (Å²) in [5.74, 6) is -1.15. The molecule has 0 amide bonds. The van der Waals surface area contributed by atoms with Gasteiger partial charge in [0.15, 0.2) is 5.78 Å². The molecule has 0 spiro atoms. The van der Waals surface area contributed by atoms with E-state index in [9.17, 15) is 40.2 Å². The predicted molar refractivity (Wildman–Crippen MR) is 157 cm³/mol. The monoisotopic (exact) mass is 627 g/mol. The van der Waals surface area contributed by atoms with Crippen molar-refractivity contribution in [3.8, 4) is 17.2 Å². The fourth-order valence-electron chi connectivity index (χ4n) is 5.64. The molecular formula is C28H37NO11S2. The fourth-order valence-corrected chi connectivity index (χ4v) is 8.11. The molecule has 0 aliphatic carbocycles. The lowest BCUT2D eigenvalue weighted by Gasteiger charge is -2.44. The number of aliphatic hydroxyl groups excluding tert-OH is 5. The van der Waals surface area contributed by atoms with E-state index in [1.54, 1.807) is 13.0 Å². The molecule has 42 heavy (non-hydrogen) atoms. The van der Waals surface area contributed by atoms with Crippen LogP contribution in [-0.2, 0) is 16.1 Å². The van der Waals surface area contributed by atoms with Crippen LogP contribution in [0.25, 0.3) is 10.8 Å². The van der Waals surface area contributed by atoms with E-state index in [0.717, 1.165) is 0 Å². The Morgan fingerprint density at radius 1 is 1.14 bits per heavy atom. The highest BCUT2D eigenvalue weighted by Gasteiger charge is 2.50. The van der Waals surface area contributed by atoms with Gasteiger partial charge in [-0.05, 0) is 36.4 Å². The molecule has 1 fully saturated rings. The van der Waals surface area contributed by atoms with E-state index in [4.69, 9.17) is 19.9 Å². The van der Waals surface area contributed by atoms with Gasteiger partial charge in [-0.2, -0.15) is 0 Å². The molecule has 0 unspecified atom stereocenters. The van der Waals surface area contributed by atoms with Crippen LogP contribution in [0.2, 0.25) is 0 Å². The maximum absolute atomic E-state index is 13.3. The van der Waals surface area contributed by atoms with Crippen molar-refractivity contribution in [2.75, 3.05) is 25.2 Å². The van der Waals surface area contributed by atoms with Crippen LogP contribution >= 0.6 is 21.6 Å². The third kappa shape index (κ3) is 6.23. The first kappa shape index (κ1) is 32.8. The van der Waals surface area contributed by atoms with Gasteiger partial charge in [0.25, 0.3) is 0 Å². The van der Waals surface area contributed by atoms with Crippen molar-refractivity contribution in [1.29, 1.82) is 0 Å². The molecule has 4 bridgehead atoms. The first-order valence-electron chi connectivity index (χ1n) is 13.5. The maximum atomic E-state index is 13.3. The van der Waals surface area contributed by atoms with E-state index in [-0.39, 0.29) is 53.4 Å². The molecule has 0 aromatic heterocycles. The summed E-state index contributed by atoms with van der Waals surface area (Å²) in [7, 11) is 4.08. The van der Waals surface area contributed by atoms with Gasteiger partial charge in [-0.1, -0.05) is 21.6 Å². The van der Waals surface area contributed by atoms with Gasteiger partial charge in [0.2, 0.25) is 6.29 Å². The van der Waals surface area contributed by atoms with Crippen molar-refractivity contribution in [3.05, 3.63) is 28.8 Å². The van der Waals surface area contributed by atoms with Crippen molar-refractivity contribution in [1.82, 2.24) is 0 Å². The van der Waals surface area contributed by atoms with E-state index >= 15 is 0 Å². The fraction of sp³-hybridized carbons (Fsp3) is 0.571. The van der Waals surface area contributed by atoms with Crippen LogP contribution in [-0.4, -0.2) is 105 Å². The molecule has 2 aromatic carbocycles. The van der Waals surface area contributed by atoms with Crippen LogP contribution in [0.4, 0.5) is 0 Å². The van der Waals surface area contributed by atoms with Gasteiger partial charge in [0, 0.05) is 41.9 Å². The number of hydrogen-bond acceptors (Lipinski definition) is 14. The van der Waals surface area contributed by atoms with E-state index in [0.29, 0.717) is 28.6 Å². The number of aliphatic hydroxyl groups is 5. The SMILES string of the molecule is COc1cc2c3c(O)c(c(C)cc3c1CO)C(=O)CCSSC[C@@H]([C@H](CN)CC=O)[C@@H](O)[C@H]1O[C@H](O2)[C@H](O)[C@@H](O)[C@@H]1O. The highest BCUT2D eigenvalue weighted by molar-refractivity contribution is 8.76. The normalized spacial score (nSPS) is 29.7. The molecule has 1 saturated heterocycles. The summed E-state index contributed by atoms with van der Waals surface area (Å²) in [5.41, 5.74) is 6.79. The number of ether oxygens (including phenoxy) is 3. The average Bonchev–Trinajstić information content (AvgIpc) is 2.96. The summed E-state index contributed by atoms with van der Waals surface area (Å²) in [6, 6.07) is 2.98. The second-order valence-corrected chi connectivity index (χ2v) is 13.1. The minimum atomic E-state index is -1.80. The highest BCUT2D eigenvalue weighted by Crippen LogP contribution is 2.45. The maximum Gasteiger partial charge on any atom is 0.229 e. The Bertz CT molecular complexity index is 1290. The number of methoxy groups -OCH3 is 1. The zero-order valence-electron chi connectivity index (χ0n) is 23.2. The standard InChI is InChI=1S/C28H37NO11S2/c1-12-7-14-15(10-31)18(38-2)8-19-21(14)23(34)20(12)17(32)4-6-41-42-11-16(13(9-29)3-5-30)22(33)27-25(36)24(35)26(37)28(39-19)40-27/h5,7-8,13,16,22,24-28,31,33-37H,3-4,6,9-11,29H2,1-2H3/t13-,16-,22+,24-,25-,26+,27+,28-/m0/s1. The van der Waals surface area contributed by atoms with Crippen LogP contribution in [0.15, 0.2) is 12.1 Å². The Balaban J connectivity index is 1.89. The summed E-state index contributed by atoms with van der Waals surface area (Å²) in [5, 5.41) is 65.9. The number of aryl methyl sites for hydroxylation is 1. The van der Waals surface area contributed by atoms with E-state index in [1.807, 2.05) is 0 Å². The molecule has 12 nitrogen and oxygen atoms in total. The van der Waals surface area contributed by atoms with Gasteiger partial charge in [0.05, 0.1) is 30.8 Å². The van der Waals surface area contributed by atoms with Crippen LogP contribution in [0, 0.1) is 18.8 Å². The minimum Gasteiger partial charge on any atom is -0.506 e. The van der Waals surface area contributed by atoms with Gasteiger partial charge >= 0.3 is 0 Å². The van der Waals surface area contributed by atoms with E-state index in [2.05, 4.69) is 0 Å². The molecule has 2 aromatic rings. The van der Waals surface area contributed by atoms with Crippen molar-refractivity contribution in [2.45, 2.75) is 63.2 Å². The number of carbonyl (C=O) groups is 2. The summed E-state index contributed by atoms with van der Waals surface area (Å²) in [6.07, 6.45) is -9.04. The average molecular weight is 628 g/mol. The predicted octanol–water partition coefficient (Wildman–Crippen LogP) is 0.650. The Kier molecular flexibility index (Phi) is 11.0. The molecule has 2 aliphatic rings. The molecule has 14 heteroatoms. The Hall–Kier alpha value is -2.14. The Labute approximate surface area is 250 Å². The summed E-state index contributed by atoms with van der Waals surface area (Å²) < 4.78 is 17.4. The molecule has 2 aliphatic heterocycles. The quantitative estimate of drug-likeness (QED) is 0.173. The highest BCUT2D eigenvalue weighted by atomic mass is 33.1. The summed E-state index contributed by atoms with van der Waals surface area (Å²) in [6.45, 7) is 1.25. The molecule has 232 valence electrons. The van der Waals surface area contributed by atoms with E-state index < -0.39 is 61.0 Å². The number of ketones is 1. The van der Waals surface area contributed by atoms with Gasteiger partial charge in [-0.25, -0.2) is 0 Å². The van der Waals surface area contributed by atoms with Gasteiger partial charge in [0.1, 0.15) is 48.0 Å². The van der Waals surface area contributed by atoms with Crippen LogP contribution in [0.3, 0.4) is 0 Å². The van der Waals surface area contributed by atoms with Crippen LogP contribution in [0.5, 0.6) is 17.2 Å². The smallest absolute Gasteiger partial charge is 0.229 e. The Morgan fingerprint density at radius 3 is 2.52 bits per heavy atom. The van der Waals surface area contributed by atoms with Crippen molar-refractivity contribution in [3.63, 3.8) is 0 Å². The lowest BCUT2D eigenvalue weighted by molar-refractivity contribution is -0.292. The zero-order chi connectivity index (χ0) is 30.7. The first-order valence-corrected chi connectivity index (χ1v) is 16.0. The van der Waals surface area contributed by atoms with E-state index in [1.165, 1.54) is 34.8 Å². The number of Topliss-reactive ketones (excluding diaryl/α,β-unsaturated/α-hetero) is 1. The number of phenols is 1. The third-order valence-electron chi connectivity index (χ3n) is 7.97. The number of aromatic hydroxyl groups is 1. The molecule has 0 saturated carbocycles. The van der Waals surface area contributed by atoms with Crippen molar-refractivity contribution in [2.24, 2.45) is 17.6 Å². The van der Waals surface area contributed by atoms with Crippen molar-refractivity contribution < 1.29 is 54.4 Å². The first-order chi connectivity index (χ1) is 20.1. The summed E-state index contributed by atoms with van der Waals surface area (Å²) >= 11 is 0. The molecule has 0 radical (unpaired) electrons. The van der Waals surface area contributed by atoms with Gasteiger partial charge in [-0.3, -0.25) is 4.79 Å². The molecule has 4 rings (SSSR count). The number of fused-ring (bicyclic) bond motifs is 3. The topological polar surface area (TPSA) is 209 Å². The lowest BCUT2D eigenvalue weighted by Crippen LogP contribution is -2.63. The molecule has 8 N–H and O–H groups in total. The van der Waals surface area contributed by atoms with Gasteiger partial charge < -0.3 is 55.4 Å². The number of aldehydes is 1. The molecule has 8 atom stereocenters. The molecular weight excluding hydrogens is 590 g/mol. The van der Waals surface area contributed by atoms with Crippen LogP contribution in [0.1, 0.15) is 34.3 Å². The zero-order valence-corrected chi connectivity index (χ0v) is 24.8. The Morgan fingerprint density at radius 2 is 1.88 bits per heavy atom.